The van der Waals surface area contributed by atoms with Gasteiger partial charge in [-0.3, -0.25) is 0 Å². The lowest BCUT2D eigenvalue weighted by atomic mass is 9.77. The average molecular weight is 272 g/mol. The molecule has 0 unspecified atom stereocenters. The minimum atomic E-state index is -0.395. The van der Waals surface area contributed by atoms with Gasteiger partial charge in [0.05, 0.1) is 0 Å². The smallest absolute Gasteiger partial charge is 0.335 e. The molecule has 0 heterocycles. The Morgan fingerprint density at radius 3 is 2.75 bits per heavy atom. The third kappa shape index (κ3) is 3.96. The maximum absolute atomic E-state index is 11.2. The number of carbonyl (C=O) groups excluding carboxylic acids is 1. The number of hydrogen-bond donors (Lipinski definition) is 0. The highest BCUT2D eigenvalue weighted by atomic mass is 16.5. The molecule has 1 aliphatic rings. The molecule has 0 spiro atoms. The summed E-state index contributed by atoms with van der Waals surface area (Å²) < 4.78 is 5.20. The van der Waals surface area contributed by atoms with Crippen LogP contribution in [0.1, 0.15) is 56.9 Å². The van der Waals surface area contributed by atoms with Crippen LogP contribution in [0, 0.1) is 5.92 Å². The molecular weight excluding hydrogens is 248 g/mol. The van der Waals surface area contributed by atoms with Crippen molar-refractivity contribution in [3.63, 3.8) is 0 Å². The van der Waals surface area contributed by atoms with Crippen LogP contribution in [0.3, 0.4) is 0 Å². The quantitative estimate of drug-likeness (QED) is 0.435. The highest BCUT2D eigenvalue weighted by Crippen LogP contribution is 2.38. The average Bonchev–Trinajstić information content (AvgIpc) is 2.48. The molecule has 1 fully saturated rings. The zero-order valence-electron chi connectivity index (χ0n) is 12.3. The van der Waals surface area contributed by atoms with Gasteiger partial charge in [0.1, 0.15) is 5.75 Å². The zero-order valence-corrected chi connectivity index (χ0v) is 12.3. The summed E-state index contributed by atoms with van der Waals surface area (Å²) in [7, 11) is 0. The molecule has 0 N–H and O–H groups in total. The Morgan fingerprint density at radius 1 is 1.35 bits per heavy atom. The van der Waals surface area contributed by atoms with Gasteiger partial charge in [0.15, 0.2) is 0 Å². The minimum absolute atomic E-state index is 0.395. The fourth-order valence-corrected chi connectivity index (χ4v) is 3.18. The minimum Gasteiger partial charge on any atom is -0.423 e. The lowest BCUT2D eigenvalue weighted by Gasteiger charge is -2.28. The highest BCUT2D eigenvalue weighted by molar-refractivity contribution is 5.83. The van der Waals surface area contributed by atoms with Crippen LogP contribution in [0.5, 0.6) is 5.75 Å². The summed E-state index contributed by atoms with van der Waals surface area (Å²) in [4.78, 5) is 11.2. The van der Waals surface area contributed by atoms with Crippen LogP contribution in [0.15, 0.2) is 36.9 Å². The lowest BCUT2D eigenvalue weighted by Crippen LogP contribution is -2.13. The van der Waals surface area contributed by atoms with Crippen molar-refractivity contribution in [1.82, 2.24) is 0 Å². The molecular formula is C18H24O2. The van der Waals surface area contributed by atoms with E-state index in [4.69, 9.17) is 4.74 Å². The molecule has 1 aromatic rings. The molecule has 108 valence electrons. The molecule has 0 saturated heterocycles. The molecule has 2 rings (SSSR count). The summed E-state index contributed by atoms with van der Waals surface area (Å²) >= 11 is 0. The van der Waals surface area contributed by atoms with Gasteiger partial charge in [0.25, 0.3) is 0 Å². The largest absolute Gasteiger partial charge is 0.423 e. The molecule has 20 heavy (non-hydrogen) atoms. The predicted octanol–water partition coefficient (Wildman–Crippen LogP) is 4.85. The first-order valence-electron chi connectivity index (χ1n) is 7.67. The van der Waals surface area contributed by atoms with Gasteiger partial charge in [-0.1, -0.05) is 38.5 Å². The van der Waals surface area contributed by atoms with Crippen molar-refractivity contribution in [3.05, 3.63) is 42.5 Å². The highest BCUT2D eigenvalue weighted by Gasteiger charge is 2.22. The van der Waals surface area contributed by atoms with Crippen LogP contribution in [-0.2, 0) is 4.79 Å². The van der Waals surface area contributed by atoms with Crippen LogP contribution < -0.4 is 4.74 Å². The molecule has 0 aromatic heterocycles. The SMILES string of the molecule is C=CC(=O)Oc1cccc(C2CCC(CCC)CC2)c1. The normalized spacial score (nSPS) is 22.2. The van der Waals surface area contributed by atoms with Gasteiger partial charge < -0.3 is 4.74 Å². The molecule has 0 radical (unpaired) electrons. The fraction of sp³-hybridized carbons (Fsp3) is 0.500. The first-order valence-corrected chi connectivity index (χ1v) is 7.67. The van der Waals surface area contributed by atoms with Crippen molar-refractivity contribution >= 4 is 5.97 Å². The van der Waals surface area contributed by atoms with Gasteiger partial charge in [-0.2, -0.15) is 0 Å². The second kappa shape index (κ2) is 7.28. The maximum Gasteiger partial charge on any atom is 0.335 e. The van der Waals surface area contributed by atoms with Gasteiger partial charge >= 0.3 is 5.97 Å². The Labute approximate surface area is 121 Å². The second-order valence-corrected chi connectivity index (χ2v) is 5.70. The summed E-state index contributed by atoms with van der Waals surface area (Å²) in [6.45, 7) is 5.69. The second-order valence-electron chi connectivity index (χ2n) is 5.70. The third-order valence-electron chi connectivity index (χ3n) is 4.26. The molecule has 0 atom stereocenters. The summed E-state index contributed by atoms with van der Waals surface area (Å²) in [6, 6.07) is 7.95. The van der Waals surface area contributed by atoms with Crippen molar-refractivity contribution in [2.45, 2.75) is 51.4 Å². The number of esters is 1. The molecule has 0 bridgehead atoms. The fourth-order valence-electron chi connectivity index (χ4n) is 3.18. The van der Waals surface area contributed by atoms with E-state index < -0.39 is 5.97 Å². The maximum atomic E-state index is 11.2. The Hall–Kier alpha value is -1.57. The molecule has 2 nitrogen and oxygen atoms in total. The lowest BCUT2D eigenvalue weighted by molar-refractivity contribution is -0.128. The summed E-state index contributed by atoms with van der Waals surface area (Å²) in [5, 5.41) is 0. The Kier molecular flexibility index (Phi) is 5.40. The standard InChI is InChI=1S/C18H24O2/c1-3-6-14-9-11-15(12-10-14)16-7-5-8-17(13-16)20-18(19)4-2/h4-5,7-8,13-15H,2-3,6,9-12H2,1H3. The molecule has 1 saturated carbocycles. The van der Waals surface area contributed by atoms with Gasteiger partial charge in [-0.05, 0) is 55.2 Å². The van der Waals surface area contributed by atoms with Crippen LogP contribution in [0.2, 0.25) is 0 Å². The van der Waals surface area contributed by atoms with Crippen LogP contribution in [0.25, 0.3) is 0 Å². The van der Waals surface area contributed by atoms with Gasteiger partial charge in [0.2, 0.25) is 0 Å². The van der Waals surface area contributed by atoms with Crippen molar-refractivity contribution in [3.8, 4) is 5.75 Å². The molecule has 0 aliphatic heterocycles. The molecule has 0 amide bonds. The summed E-state index contributed by atoms with van der Waals surface area (Å²) in [6.07, 6.45) is 9.02. The number of hydrogen-bond acceptors (Lipinski definition) is 2. The van der Waals surface area contributed by atoms with Crippen molar-refractivity contribution in [2.24, 2.45) is 5.92 Å². The molecule has 2 heteroatoms. The predicted molar refractivity (Wildman–Crippen MR) is 81.9 cm³/mol. The topological polar surface area (TPSA) is 26.3 Å². The van der Waals surface area contributed by atoms with E-state index in [1.807, 2.05) is 18.2 Å². The van der Waals surface area contributed by atoms with E-state index >= 15 is 0 Å². The Bertz CT molecular complexity index is 456. The van der Waals surface area contributed by atoms with Crippen LogP contribution in [-0.4, -0.2) is 5.97 Å². The van der Waals surface area contributed by atoms with E-state index in [1.54, 1.807) is 0 Å². The number of carbonyl (C=O) groups is 1. The number of rotatable bonds is 5. The number of ether oxygens (including phenoxy) is 1. The first kappa shape index (κ1) is 14.8. The van der Waals surface area contributed by atoms with Gasteiger partial charge in [-0.25, -0.2) is 4.79 Å². The van der Waals surface area contributed by atoms with E-state index in [9.17, 15) is 4.79 Å². The van der Waals surface area contributed by atoms with Crippen molar-refractivity contribution in [1.29, 1.82) is 0 Å². The van der Waals surface area contributed by atoms with E-state index in [2.05, 4.69) is 19.6 Å². The Balaban J connectivity index is 1.97. The summed E-state index contributed by atoms with van der Waals surface area (Å²) in [5.74, 6) is 1.76. The van der Waals surface area contributed by atoms with E-state index in [0.29, 0.717) is 11.7 Å². The van der Waals surface area contributed by atoms with E-state index in [0.717, 1.165) is 5.92 Å². The zero-order chi connectivity index (χ0) is 14.4. The third-order valence-corrected chi connectivity index (χ3v) is 4.26. The van der Waals surface area contributed by atoms with Gasteiger partial charge in [0, 0.05) is 6.08 Å². The Morgan fingerprint density at radius 2 is 2.10 bits per heavy atom. The van der Waals surface area contributed by atoms with Crippen molar-refractivity contribution < 1.29 is 9.53 Å². The number of benzene rings is 1. The van der Waals surface area contributed by atoms with Gasteiger partial charge in [-0.15, -0.1) is 0 Å². The van der Waals surface area contributed by atoms with E-state index in [-0.39, 0.29) is 0 Å². The van der Waals surface area contributed by atoms with Crippen LogP contribution >= 0.6 is 0 Å². The summed E-state index contributed by atoms with van der Waals surface area (Å²) in [5.41, 5.74) is 1.30. The monoisotopic (exact) mass is 272 g/mol. The molecule has 1 aliphatic carbocycles. The van der Waals surface area contributed by atoms with E-state index in [1.165, 1.54) is 50.2 Å². The first-order chi connectivity index (χ1) is 9.72. The van der Waals surface area contributed by atoms with Crippen LogP contribution in [0.4, 0.5) is 0 Å². The van der Waals surface area contributed by atoms with Crippen molar-refractivity contribution in [2.75, 3.05) is 0 Å². The molecule has 1 aromatic carbocycles.